The van der Waals surface area contributed by atoms with Gasteiger partial charge in [-0.05, 0) is 18.4 Å². The van der Waals surface area contributed by atoms with E-state index in [4.69, 9.17) is 10.8 Å². The molecule has 0 saturated carbocycles. The fourth-order valence-corrected chi connectivity index (χ4v) is 1.57. The van der Waals surface area contributed by atoms with Crippen molar-refractivity contribution < 1.29 is 18.7 Å². The molecule has 0 aliphatic carbocycles. The van der Waals surface area contributed by atoms with Gasteiger partial charge in [-0.2, -0.15) is 0 Å². The summed E-state index contributed by atoms with van der Waals surface area (Å²) in [5.74, 6) is -0.901. The van der Waals surface area contributed by atoms with Crippen LogP contribution in [0.1, 0.15) is 30.4 Å². The summed E-state index contributed by atoms with van der Waals surface area (Å²) in [7, 11) is 0. The largest absolute Gasteiger partial charge is 0.481 e. The van der Waals surface area contributed by atoms with Gasteiger partial charge in [-0.1, -0.05) is 24.3 Å². The Hall–Kier alpha value is -1.49. The Balaban J connectivity index is 2.55. The molecule has 1 rings (SSSR count). The van der Waals surface area contributed by atoms with Gasteiger partial charge in [-0.25, -0.2) is 8.78 Å². The zero-order valence-corrected chi connectivity index (χ0v) is 9.27. The number of halogens is 2. The van der Waals surface area contributed by atoms with E-state index in [2.05, 4.69) is 0 Å². The molecule has 0 spiro atoms. The number of benzene rings is 1. The first-order valence-electron chi connectivity index (χ1n) is 5.33. The molecule has 0 amide bonds. The Morgan fingerprint density at radius 2 is 2.12 bits per heavy atom. The van der Waals surface area contributed by atoms with Crippen molar-refractivity contribution in [1.29, 1.82) is 0 Å². The van der Waals surface area contributed by atoms with Crippen molar-refractivity contribution in [3.05, 3.63) is 35.4 Å². The number of hydrogen-bond donors (Lipinski definition) is 2. The Bertz CT molecular complexity index is 383. The summed E-state index contributed by atoms with van der Waals surface area (Å²) >= 11 is 0. The van der Waals surface area contributed by atoms with Gasteiger partial charge in [-0.15, -0.1) is 0 Å². The summed E-state index contributed by atoms with van der Waals surface area (Å²) in [6.07, 6.45) is -1.75. The first-order chi connectivity index (χ1) is 7.99. The average Bonchev–Trinajstić information content (AvgIpc) is 2.26. The molecule has 0 heterocycles. The smallest absolute Gasteiger partial charge is 0.303 e. The molecular formula is C12H15F2NO2. The Kier molecular flexibility index (Phi) is 5.03. The van der Waals surface area contributed by atoms with E-state index in [1.165, 1.54) is 12.1 Å². The average molecular weight is 243 g/mol. The maximum absolute atomic E-state index is 12.4. The molecule has 1 aromatic rings. The van der Waals surface area contributed by atoms with Crippen LogP contribution in [0.3, 0.4) is 0 Å². The van der Waals surface area contributed by atoms with Crippen LogP contribution in [-0.2, 0) is 11.2 Å². The van der Waals surface area contributed by atoms with Gasteiger partial charge in [0, 0.05) is 18.0 Å². The number of nitrogens with two attached hydrogens (primary N) is 1. The van der Waals surface area contributed by atoms with Crippen LogP contribution >= 0.6 is 0 Å². The van der Waals surface area contributed by atoms with E-state index in [1.807, 2.05) is 0 Å². The number of carbonyl (C=O) groups is 1. The molecule has 1 unspecified atom stereocenters. The maximum atomic E-state index is 12.4. The fraction of sp³-hybridized carbons (Fsp3) is 0.417. The second-order valence-electron chi connectivity index (χ2n) is 3.94. The van der Waals surface area contributed by atoms with E-state index >= 15 is 0 Å². The minimum Gasteiger partial charge on any atom is -0.481 e. The van der Waals surface area contributed by atoms with E-state index in [-0.39, 0.29) is 18.0 Å². The maximum Gasteiger partial charge on any atom is 0.303 e. The zero-order chi connectivity index (χ0) is 12.8. The molecule has 3 N–H and O–H groups in total. The SMILES string of the molecule is NC(CCC(=O)O)Cc1cccc(C(F)F)c1. The topological polar surface area (TPSA) is 63.3 Å². The van der Waals surface area contributed by atoms with Gasteiger partial charge in [0.25, 0.3) is 6.43 Å². The van der Waals surface area contributed by atoms with Crippen molar-refractivity contribution in [1.82, 2.24) is 0 Å². The van der Waals surface area contributed by atoms with E-state index < -0.39 is 12.4 Å². The van der Waals surface area contributed by atoms with Crippen LogP contribution in [-0.4, -0.2) is 17.1 Å². The fourth-order valence-electron chi connectivity index (χ4n) is 1.57. The highest BCUT2D eigenvalue weighted by molar-refractivity contribution is 5.66. The van der Waals surface area contributed by atoms with Crippen molar-refractivity contribution in [2.45, 2.75) is 31.7 Å². The lowest BCUT2D eigenvalue weighted by Crippen LogP contribution is -2.23. The van der Waals surface area contributed by atoms with Crippen LogP contribution < -0.4 is 5.73 Å². The molecule has 1 aromatic carbocycles. The van der Waals surface area contributed by atoms with E-state index in [0.717, 1.165) is 0 Å². The predicted molar refractivity (Wildman–Crippen MR) is 59.9 cm³/mol. The van der Waals surface area contributed by atoms with Gasteiger partial charge < -0.3 is 10.8 Å². The Labute approximate surface area is 98.2 Å². The molecule has 0 radical (unpaired) electrons. The van der Waals surface area contributed by atoms with Gasteiger partial charge >= 0.3 is 5.97 Å². The normalized spacial score (nSPS) is 12.7. The highest BCUT2D eigenvalue weighted by Gasteiger charge is 2.10. The van der Waals surface area contributed by atoms with Gasteiger partial charge in [0.05, 0.1) is 0 Å². The van der Waals surface area contributed by atoms with E-state index in [0.29, 0.717) is 18.4 Å². The second kappa shape index (κ2) is 6.30. The van der Waals surface area contributed by atoms with Crippen LogP contribution in [0.5, 0.6) is 0 Å². The molecular weight excluding hydrogens is 228 g/mol. The zero-order valence-electron chi connectivity index (χ0n) is 9.27. The van der Waals surface area contributed by atoms with Crippen LogP contribution in [0.2, 0.25) is 0 Å². The van der Waals surface area contributed by atoms with Crippen LogP contribution in [0.25, 0.3) is 0 Å². The first kappa shape index (κ1) is 13.6. The van der Waals surface area contributed by atoms with Crippen LogP contribution in [0.4, 0.5) is 8.78 Å². The molecule has 0 aliphatic heterocycles. The predicted octanol–water partition coefficient (Wildman–Crippen LogP) is 2.36. The number of rotatable bonds is 6. The van der Waals surface area contributed by atoms with Crippen LogP contribution in [0, 0.1) is 0 Å². The molecule has 0 bridgehead atoms. The first-order valence-corrected chi connectivity index (χ1v) is 5.33. The standard InChI is InChI=1S/C12H15F2NO2/c13-12(14)9-3-1-2-8(6-9)7-10(15)4-5-11(16)17/h1-3,6,10,12H,4-5,7,15H2,(H,16,17). The third-order valence-corrected chi connectivity index (χ3v) is 2.43. The summed E-state index contributed by atoms with van der Waals surface area (Å²) in [6.45, 7) is 0. The third kappa shape index (κ3) is 4.91. The van der Waals surface area contributed by atoms with Crippen LogP contribution in [0.15, 0.2) is 24.3 Å². The van der Waals surface area contributed by atoms with Crippen molar-refractivity contribution in [2.24, 2.45) is 5.73 Å². The highest BCUT2D eigenvalue weighted by atomic mass is 19.3. The number of carboxylic acid groups (broad SMARTS) is 1. The summed E-state index contributed by atoms with van der Waals surface area (Å²) < 4.78 is 24.9. The molecule has 1 atom stereocenters. The molecule has 0 aromatic heterocycles. The number of alkyl halides is 2. The molecule has 0 fully saturated rings. The number of carboxylic acids is 1. The molecule has 5 heteroatoms. The lowest BCUT2D eigenvalue weighted by atomic mass is 10.0. The minimum atomic E-state index is -2.50. The quantitative estimate of drug-likeness (QED) is 0.806. The number of aliphatic carboxylic acids is 1. The van der Waals surface area contributed by atoms with Crippen molar-refractivity contribution >= 4 is 5.97 Å². The van der Waals surface area contributed by atoms with E-state index in [9.17, 15) is 13.6 Å². The van der Waals surface area contributed by atoms with E-state index in [1.54, 1.807) is 12.1 Å². The van der Waals surface area contributed by atoms with Gasteiger partial charge in [0.15, 0.2) is 0 Å². The molecule has 0 aliphatic rings. The molecule has 0 saturated heterocycles. The van der Waals surface area contributed by atoms with Crippen molar-refractivity contribution in [2.75, 3.05) is 0 Å². The summed E-state index contributed by atoms with van der Waals surface area (Å²) in [6, 6.07) is 5.72. The third-order valence-electron chi connectivity index (χ3n) is 2.43. The molecule has 94 valence electrons. The van der Waals surface area contributed by atoms with Crippen molar-refractivity contribution in [3.63, 3.8) is 0 Å². The van der Waals surface area contributed by atoms with Gasteiger partial charge in [0.2, 0.25) is 0 Å². The highest BCUT2D eigenvalue weighted by Crippen LogP contribution is 2.20. The minimum absolute atomic E-state index is 0.00426. The summed E-state index contributed by atoms with van der Waals surface area (Å²) in [4.78, 5) is 10.3. The lowest BCUT2D eigenvalue weighted by molar-refractivity contribution is -0.137. The Morgan fingerprint density at radius 3 is 2.71 bits per heavy atom. The lowest BCUT2D eigenvalue weighted by Gasteiger charge is -2.11. The Morgan fingerprint density at radius 1 is 1.41 bits per heavy atom. The van der Waals surface area contributed by atoms with Gasteiger partial charge in [0.1, 0.15) is 0 Å². The summed E-state index contributed by atoms with van der Waals surface area (Å²) in [5, 5.41) is 8.49. The van der Waals surface area contributed by atoms with Crippen molar-refractivity contribution in [3.8, 4) is 0 Å². The molecule has 3 nitrogen and oxygen atoms in total. The summed E-state index contributed by atoms with van der Waals surface area (Å²) in [5.41, 5.74) is 6.40. The molecule has 17 heavy (non-hydrogen) atoms. The van der Waals surface area contributed by atoms with Gasteiger partial charge in [-0.3, -0.25) is 4.79 Å². The number of hydrogen-bond acceptors (Lipinski definition) is 2. The monoisotopic (exact) mass is 243 g/mol. The second-order valence-corrected chi connectivity index (χ2v) is 3.94.